The lowest BCUT2D eigenvalue weighted by molar-refractivity contribution is 0.539. The highest BCUT2D eigenvalue weighted by atomic mass is 32.1. The molecule has 0 amide bonds. The van der Waals surface area contributed by atoms with Gasteiger partial charge >= 0.3 is 0 Å². The summed E-state index contributed by atoms with van der Waals surface area (Å²) in [5.74, 6) is 1.67. The van der Waals surface area contributed by atoms with E-state index in [-0.39, 0.29) is 0 Å². The van der Waals surface area contributed by atoms with Gasteiger partial charge in [-0.05, 0) is 31.1 Å². The largest absolute Gasteiger partial charge is 0.330 e. The van der Waals surface area contributed by atoms with Crippen LogP contribution in [0.5, 0.6) is 0 Å². The number of nitrogens with two attached hydrogens (primary N) is 1. The molecule has 50 valence electrons. The summed E-state index contributed by atoms with van der Waals surface area (Å²) < 4.78 is 0. The normalized spacial score (nSPS) is 13.9. The van der Waals surface area contributed by atoms with Crippen molar-refractivity contribution in [2.75, 3.05) is 12.3 Å². The molecule has 8 heavy (non-hydrogen) atoms. The van der Waals surface area contributed by atoms with E-state index in [9.17, 15) is 0 Å². The van der Waals surface area contributed by atoms with Crippen molar-refractivity contribution in [2.24, 2.45) is 11.7 Å². The molecule has 0 aliphatic heterocycles. The molecule has 0 saturated heterocycles. The van der Waals surface area contributed by atoms with E-state index < -0.39 is 0 Å². The maximum atomic E-state index is 5.39. The highest BCUT2D eigenvalue weighted by Gasteiger charge is 1.95. The second-order valence-electron chi connectivity index (χ2n) is 2.21. The summed E-state index contributed by atoms with van der Waals surface area (Å²) in [5, 5.41) is 0. The van der Waals surface area contributed by atoms with Crippen molar-refractivity contribution in [3.63, 3.8) is 0 Å². The number of hydrogen-bond acceptors (Lipinski definition) is 2. The topological polar surface area (TPSA) is 26.0 Å². The predicted molar refractivity (Wildman–Crippen MR) is 41.3 cm³/mol. The summed E-state index contributed by atoms with van der Waals surface area (Å²) in [6, 6.07) is 0. The summed E-state index contributed by atoms with van der Waals surface area (Å²) in [5.41, 5.74) is 5.39. The highest BCUT2D eigenvalue weighted by molar-refractivity contribution is 7.80. The average Bonchev–Trinajstić information content (AvgIpc) is 1.83. The summed E-state index contributed by atoms with van der Waals surface area (Å²) in [4.78, 5) is 0. The molecule has 2 heteroatoms. The van der Waals surface area contributed by atoms with E-state index in [0.29, 0.717) is 5.92 Å². The average molecular weight is 133 g/mol. The zero-order valence-corrected chi connectivity index (χ0v) is 6.32. The third-order valence-electron chi connectivity index (χ3n) is 1.26. The molecule has 0 aliphatic rings. The van der Waals surface area contributed by atoms with Crippen molar-refractivity contribution in [3.05, 3.63) is 0 Å². The molecule has 0 aromatic rings. The Hall–Kier alpha value is 0.310. The molecule has 0 heterocycles. The summed E-state index contributed by atoms with van der Waals surface area (Å²) >= 11 is 4.09. The standard InChI is InChI=1S/C6H15NS/c1-6(5-7)3-2-4-8/h6,8H,2-5,7H2,1H3/t6-/m1/s1. The van der Waals surface area contributed by atoms with Crippen LogP contribution in [0.4, 0.5) is 0 Å². The Bertz CT molecular complexity index is 47.8. The Morgan fingerprint density at radius 3 is 2.62 bits per heavy atom. The van der Waals surface area contributed by atoms with Crippen LogP contribution < -0.4 is 5.73 Å². The maximum Gasteiger partial charge on any atom is -0.00515 e. The second-order valence-corrected chi connectivity index (χ2v) is 2.65. The van der Waals surface area contributed by atoms with Crippen molar-refractivity contribution in [1.82, 2.24) is 0 Å². The van der Waals surface area contributed by atoms with Gasteiger partial charge in [0, 0.05) is 0 Å². The molecule has 0 aromatic heterocycles. The van der Waals surface area contributed by atoms with Crippen LogP contribution in [-0.4, -0.2) is 12.3 Å². The van der Waals surface area contributed by atoms with E-state index in [2.05, 4.69) is 19.6 Å². The fourth-order valence-corrected chi connectivity index (χ4v) is 0.740. The first-order chi connectivity index (χ1) is 3.81. The van der Waals surface area contributed by atoms with E-state index in [1.165, 1.54) is 12.8 Å². The first kappa shape index (κ1) is 8.31. The molecule has 0 unspecified atom stereocenters. The van der Waals surface area contributed by atoms with Gasteiger partial charge in [-0.15, -0.1) is 0 Å². The van der Waals surface area contributed by atoms with Gasteiger partial charge in [0.1, 0.15) is 0 Å². The molecule has 0 aromatic carbocycles. The lowest BCUT2D eigenvalue weighted by Gasteiger charge is -2.04. The Morgan fingerprint density at radius 1 is 1.62 bits per heavy atom. The number of hydrogen-bond donors (Lipinski definition) is 2. The summed E-state index contributed by atoms with van der Waals surface area (Å²) in [6.45, 7) is 2.98. The Labute approximate surface area is 57.1 Å². The molecule has 0 fully saturated rings. The van der Waals surface area contributed by atoms with Crippen LogP contribution in [-0.2, 0) is 0 Å². The molecular weight excluding hydrogens is 118 g/mol. The van der Waals surface area contributed by atoms with Gasteiger partial charge in [-0.1, -0.05) is 6.92 Å². The lowest BCUT2D eigenvalue weighted by Crippen LogP contribution is -2.10. The molecule has 1 nitrogen and oxygen atoms in total. The van der Waals surface area contributed by atoms with E-state index in [0.717, 1.165) is 12.3 Å². The molecular formula is C6H15NS. The van der Waals surface area contributed by atoms with Crippen LogP contribution in [0, 0.1) is 5.92 Å². The second kappa shape index (κ2) is 5.45. The quantitative estimate of drug-likeness (QED) is 0.555. The van der Waals surface area contributed by atoms with E-state index in [4.69, 9.17) is 5.73 Å². The number of rotatable bonds is 4. The molecule has 0 saturated carbocycles. The van der Waals surface area contributed by atoms with Crippen molar-refractivity contribution in [1.29, 1.82) is 0 Å². The molecule has 0 aliphatic carbocycles. The Kier molecular flexibility index (Phi) is 5.66. The van der Waals surface area contributed by atoms with Gasteiger partial charge in [0.25, 0.3) is 0 Å². The minimum atomic E-state index is 0.683. The smallest absolute Gasteiger partial charge is 0.00515 e. The van der Waals surface area contributed by atoms with Gasteiger partial charge in [-0.2, -0.15) is 12.6 Å². The minimum Gasteiger partial charge on any atom is -0.330 e. The third-order valence-corrected chi connectivity index (χ3v) is 1.57. The predicted octanol–water partition coefficient (Wildman–Crippen LogP) is 1.29. The summed E-state index contributed by atoms with van der Waals surface area (Å²) in [6.07, 6.45) is 2.42. The third kappa shape index (κ3) is 4.47. The zero-order valence-electron chi connectivity index (χ0n) is 5.43. The van der Waals surface area contributed by atoms with Gasteiger partial charge in [-0.3, -0.25) is 0 Å². The van der Waals surface area contributed by atoms with Crippen LogP contribution in [0.2, 0.25) is 0 Å². The molecule has 0 radical (unpaired) electrons. The fourth-order valence-electron chi connectivity index (χ4n) is 0.558. The van der Waals surface area contributed by atoms with Gasteiger partial charge in [0.05, 0.1) is 0 Å². The molecule has 0 spiro atoms. The van der Waals surface area contributed by atoms with Gasteiger partial charge in [0.2, 0.25) is 0 Å². The van der Waals surface area contributed by atoms with Crippen LogP contribution in [0.3, 0.4) is 0 Å². The highest BCUT2D eigenvalue weighted by Crippen LogP contribution is 2.02. The molecule has 2 N–H and O–H groups in total. The molecule has 0 bridgehead atoms. The fraction of sp³-hybridized carbons (Fsp3) is 1.00. The van der Waals surface area contributed by atoms with Crippen LogP contribution in [0.25, 0.3) is 0 Å². The van der Waals surface area contributed by atoms with Crippen molar-refractivity contribution in [2.45, 2.75) is 19.8 Å². The van der Waals surface area contributed by atoms with Crippen molar-refractivity contribution < 1.29 is 0 Å². The zero-order chi connectivity index (χ0) is 6.41. The first-order valence-corrected chi connectivity index (χ1v) is 3.75. The van der Waals surface area contributed by atoms with Crippen LogP contribution >= 0.6 is 12.6 Å². The SMILES string of the molecule is C[C@@H](CN)CCCS. The summed E-state index contributed by atoms with van der Waals surface area (Å²) in [7, 11) is 0. The maximum absolute atomic E-state index is 5.39. The van der Waals surface area contributed by atoms with E-state index in [1.54, 1.807) is 0 Å². The van der Waals surface area contributed by atoms with Gasteiger partial charge in [0.15, 0.2) is 0 Å². The van der Waals surface area contributed by atoms with Crippen LogP contribution in [0.15, 0.2) is 0 Å². The van der Waals surface area contributed by atoms with Crippen LogP contribution in [0.1, 0.15) is 19.8 Å². The van der Waals surface area contributed by atoms with E-state index >= 15 is 0 Å². The van der Waals surface area contributed by atoms with Gasteiger partial charge < -0.3 is 5.73 Å². The monoisotopic (exact) mass is 133 g/mol. The first-order valence-electron chi connectivity index (χ1n) is 3.12. The van der Waals surface area contributed by atoms with Crippen molar-refractivity contribution in [3.8, 4) is 0 Å². The van der Waals surface area contributed by atoms with E-state index in [1.807, 2.05) is 0 Å². The number of thiol groups is 1. The van der Waals surface area contributed by atoms with Gasteiger partial charge in [-0.25, -0.2) is 0 Å². The van der Waals surface area contributed by atoms with Crippen molar-refractivity contribution >= 4 is 12.6 Å². The Morgan fingerprint density at radius 2 is 2.25 bits per heavy atom. The lowest BCUT2D eigenvalue weighted by atomic mass is 10.1. The minimum absolute atomic E-state index is 0.683. The Balaban J connectivity index is 2.86. The molecule has 1 atom stereocenters. The molecule has 0 rings (SSSR count).